The molecule has 2 rings (SSSR count). The van der Waals surface area contributed by atoms with Crippen LogP contribution in [0.25, 0.3) is 0 Å². The Hall–Kier alpha value is -0.0800. The van der Waals surface area contributed by atoms with Gasteiger partial charge in [-0.15, -0.1) is 0 Å². The first kappa shape index (κ1) is 6.62. The molecule has 0 aromatic carbocycles. The van der Waals surface area contributed by atoms with E-state index in [1.54, 1.807) is 0 Å². The molecular formula is C8H16N2. The molecule has 0 aliphatic carbocycles. The highest BCUT2D eigenvalue weighted by molar-refractivity contribution is 4.93. The van der Waals surface area contributed by atoms with Crippen LogP contribution < -0.4 is 5.32 Å². The van der Waals surface area contributed by atoms with Crippen LogP contribution in [0.2, 0.25) is 0 Å². The smallest absolute Gasteiger partial charge is 0.0730 e. The van der Waals surface area contributed by atoms with Gasteiger partial charge in [-0.1, -0.05) is 13.3 Å². The molecule has 2 aliphatic rings. The second kappa shape index (κ2) is 2.51. The highest BCUT2D eigenvalue weighted by Crippen LogP contribution is 2.23. The topological polar surface area (TPSA) is 15.0 Å². The quantitative estimate of drug-likeness (QED) is 0.566. The Morgan fingerprint density at radius 3 is 3.10 bits per heavy atom. The van der Waals surface area contributed by atoms with Gasteiger partial charge < -0.3 is 5.32 Å². The Morgan fingerprint density at radius 2 is 2.40 bits per heavy atom. The Kier molecular flexibility index (Phi) is 1.66. The van der Waals surface area contributed by atoms with Gasteiger partial charge in [-0.3, -0.25) is 4.90 Å². The summed E-state index contributed by atoms with van der Waals surface area (Å²) in [6.07, 6.45) is 3.51. The number of hydrogen-bond acceptors (Lipinski definition) is 2. The van der Waals surface area contributed by atoms with Crippen LogP contribution in [0.3, 0.4) is 0 Å². The molecule has 10 heavy (non-hydrogen) atoms. The van der Waals surface area contributed by atoms with Crippen LogP contribution in [0.4, 0.5) is 0 Å². The lowest BCUT2D eigenvalue weighted by Crippen LogP contribution is -2.37. The lowest BCUT2D eigenvalue weighted by Gasteiger charge is -2.22. The predicted molar refractivity (Wildman–Crippen MR) is 41.8 cm³/mol. The van der Waals surface area contributed by atoms with E-state index < -0.39 is 0 Å². The molecule has 2 fully saturated rings. The zero-order valence-corrected chi connectivity index (χ0v) is 6.64. The SMILES string of the molecule is CCCC1CNC2CN2C1. The predicted octanol–water partition coefficient (Wildman–Crippen LogP) is 0.648. The molecule has 3 unspecified atom stereocenters. The van der Waals surface area contributed by atoms with Crippen molar-refractivity contribution in [1.29, 1.82) is 0 Å². The Labute approximate surface area is 62.6 Å². The van der Waals surface area contributed by atoms with Crippen molar-refractivity contribution in [2.24, 2.45) is 5.92 Å². The highest BCUT2D eigenvalue weighted by atomic mass is 15.4. The molecule has 0 amide bonds. The number of fused-ring (bicyclic) bond motifs is 1. The summed E-state index contributed by atoms with van der Waals surface area (Å²) in [6.45, 7) is 6.19. The van der Waals surface area contributed by atoms with E-state index in [1.807, 2.05) is 0 Å². The summed E-state index contributed by atoms with van der Waals surface area (Å²) in [4.78, 5) is 2.52. The first-order chi connectivity index (χ1) is 4.90. The molecule has 2 heteroatoms. The third kappa shape index (κ3) is 1.18. The van der Waals surface area contributed by atoms with Crippen molar-refractivity contribution in [3.05, 3.63) is 0 Å². The molecule has 2 nitrogen and oxygen atoms in total. The average Bonchev–Trinajstić information content (AvgIpc) is 2.66. The van der Waals surface area contributed by atoms with Crippen molar-refractivity contribution in [1.82, 2.24) is 10.2 Å². The summed E-state index contributed by atoms with van der Waals surface area (Å²) < 4.78 is 0. The molecule has 58 valence electrons. The van der Waals surface area contributed by atoms with Gasteiger partial charge >= 0.3 is 0 Å². The standard InChI is InChI=1S/C8H16N2/c1-2-3-7-4-9-8-6-10(8)5-7/h7-9H,2-6H2,1H3. The fraction of sp³-hybridized carbons (Fsp3) is 1.00. The molecule has 0 spiro atoms. The van der Waals surface area contributed by atoms with Crippen molar-refractivity contribution in [2.75, 3.05) is 19.6 Å². The minimum absolute atomic E-state index is 0.771. The molecule has 3 atom stereocenters. The van der Waals surface area contributed by atoms with Crippen LogP contribution in [0, 0.1) is 5.92 Å². The Bertz CT molecular complexity index is 124. The third-order valence-electron chi connectivity index (χ3n) is 2.55. The maximum atomic E-state index is 3.52. The fourth-order valence-electron chi connectivity index (χ4n) is 1.87. The van der Waals surface area contributed by atoms with Crippen LogP contribution >= 0.6 is 0 Å². The van der Waals surface area contributed by atoms with E-state index in [4.69, 9.17) is 0 Å². The number of nitrogens with zero attached hydrogens (tertiary/aromatic N) is 1. The monoisotopic (exact) mass is 140 g/mol. The van der Waals surface area contributed by atoms with Crippen molar-refractivity contribution in [3.8, 4) is 0 Å². The fourth-order valence-corrected chi connectivity index (χ4v) is 1.87. The zero-order chi connectivity index (χ0) is 6.97. The molecule has 0 bridgehead atoms. The van der Waals surface area contributed by atoms with E-state index in [-0.39, 0.29) is 0 Å². The maximum absolute atomic E-state index is 3.52. The van der Waals surface area contributed by atoms with E-state index in [0.29, 0.717) is 0 Å². The second-order valence-corrected chi connectivity index (χ2v) is 3.53. The van der Waals surface area contributed by atoms with Gasteiger partial charge in [0.05, 0.1) is 6.17 Å². The minimum atomic E-state index is 0.771. The molecule has 2 aliphatic heterocycles. The molecule has 2 heterocycles. The van der Waals surface area contributed by atoms with Gasteiger partial charge in [0.15, 0.2) is 0 Å². The van der Waals surface area contributed by atoms with Gasteiger partial charge in [-0.2, -0.15) is 0 Å². The second-order valence-electron chi connectivity index (χ2n) is 3.53. The van der Waals surface area contributed by atoms with E-state index in [1.165, 1.54) is 32.5 Å². The summed E-state index contributed by atoms with van der Waals surface area (Å²) in [6, 6.07) is 0. The Morgan fingerprint density at radius 1 is 1.50 bits per heavy atom. The molecule has 0 aromatic heterocycles. The van der Waals surface area contributed by atoms with Gasteiger partial charge in [-0.05, 0) is 12.3 Å². The highest BCUT2D eigenvalue weighted by Gasteiger charge is 2.38. The van der Waals surface area contributed by atoms with Crippen molar-refractivity contribution in [3.63, 3.8) is 0 Å². The van der Waals surface area contributed by atoms with Crippen LogP contribution in [-0.2, 0) is 0 Å². The zero-order valence-electron chi connectivity index (χ0n) is 6.64. The van der Waals surface area contributed by atoms with E-state index in [0.717, 1.165) is 12.1 Å². The lowest BCUT2D eigenvalue weighted by molar-refractivity contribution is 0.286. The molecule has 0 saturated carbocycles. The lowest BCUT2D eigenvalue weighted by atomic mass is 10.0. The molecule has 1 N–H and O–H groups in total. The summed E-state index contributed by atoms with van der Waals surface area (Å²) in [5.41, 5.74) is 0. The summed E-state index contributed by atoms with van der Waals surface area (Å²) >= 11 is 0. The number of nitrogens with one attached hydrogen (secondary N) is 1. The molecular weight excluding hydrogens is 124 g/mol. The van der Waals surface area contributed by atoms with Crippen LogP contribution in [0.15, 0.2) is 0 Å². The van der Waals surface area contributed by atoms with Gasteiger partial charge in [0.25, 0.3) is 0 Å². The summed E-state index contributed by atoms with van der Waals surface area (Å²) in [5, 5.41) is 3.52. The largest absolute Gasteiger partial charge is 0.300 e. The molecule has 0 aromatic rings. The van der Waals surface area contributed by atoms with E-state index >= 15 is 0 Å². The first-order valence-corrected chi connectivity index (χ1v) is 4.37. The van der Waals surface area contributed by atoms with Crippen LogP contribution in [0.1, 0.15) is 19.8 Å². The molecule has 2 saturated heterocycles. The molecule has 0 radical (unpaired) electrons. The Balaban J connectivity index is 1.77. The normalized spacial score (nSPS) is 44.7. The number of rotatable bonds is 2. The van der Waals surface area contributed by atoms with Crippen LogP contribution in [-0.4, -0.2) is 30.7 Å². The van der Waals surface area contributed by atoms with E-state index in [2.05, 4.69) is 17.1 Å². The van der Waals surface area contributed by atoms with Gasteiger partial charge in [0, 0.05) is 19.6 Å². The summed E-state index contributed by atoms with van der Waals surface area (Å²) in [7, 11) is 0. The van der Waals surface area contributed by atoms with Crippen LogP contribution in [0.5, 0.6) is 0 Å². The van der Waals surface area contributed by atoms with Crippen molar-refractivity contribution >= 4 is 0 Å². The minimum Gasteiger partial charge on any atom is -0.300 e. The first-order valence-electron chi connectivity index (χ1n) is 4.37. The van der Waals surface area contributed by atoms with E-state index in [9.17, 15) is 0 Å². The van der Waals surface area contributed by atoms with Gasteiger partial charge in [0.2, 0.25) is 0 Å². The van der Waals surface area contributed by atoms with Crippen molar-refractivity contribution in [2.45, 2.75) is 25.9 Å². The van der Waals surface area contributed by atoms with Gasteiger partial charge in [-0.25, -0.2) is 0 Å². The van der Waals surface area contributed by atoms with Crippen molar-refractivity contribution < 1.29 is 0 Å². The number of hydrogen-bond donors (Lipinski definition) is 1. The van der Waals surface area contributed by atoms with Gasteiger partial charge in [0.1, 0.15) is 0 Å². The summed E-state index contributed by atoms with van der Waals surface area (Å²) in [5.74, 6) is 0.934. The maximum Gasteiger partial charge on any atom is 0.0730 e. The third-order valence-corrected chi connectivity index (χ3v) is 2.55. The average molecular weight is 140 g/mol.